The molecule has 26 heavy (non-hydrogen) atoms. The van der Waals surface area contributed by atoms with Crippen molar-refractivity contribution in [2.24, 2.45) is 0 Å². The zero-order valence-corrected chi connectivity index (χ0v) is 14.2. The Bertz CT molecular complexity index is 1050. The van der Waals surface area contributed by atoms with E-state index in [1.54, 1.807) is 0 Å². The Hall–Kier alpha value is -3.14. The van der Waals surface area contributed by atoms with E-state index in [1.165, 1.54) is 4.90 Å². The molecule has 128 valence electrons. The minimum Gasteiger partial charge on any atom is -0.319 e. The molecule has 1 N–H and O–H groups in total. The third-order valence-electron chi connectivity index (χ3n) is 5.63. The first kappa shape index (κ1) is 15.1. The van der Waals surface area contributed by atoms with E-state index >= 15 is 0 Å². The number of urea groups is 1. The summed E-state index contributed by atoms with van der Waals surface area (Å²) in [7, 11) is 0. The standard InChI is InChI=1S/C22H18N2O2/c25-20-22(13-12-16-7-2-4-11-19(16)22)23-21(26)24(20)14-17-9-5-8-15-6-1-3-10-18(15)17/h1-11H,12-14H2,(H,23,26)/t22-/m0/s1. The fraction of sp³-hybridized carbons (Fsp3) is 0.182. The molecule has 5 rings (SSSR count). The lowest BCUT2D eigenvalue weighted by Gasteiger charge is -2.22. The zero-order chi connectivity index (χ0) is 17.7. The number of benzene rings is 3. The highest BCUT2D eigenvalue weighted by Crippen LogP contribution is 2.41. The summed E-state index contributed by atoms with van der Waals surface area (Å²) in [5.41, 5.74) is 2.18. The summed E-state index contributed by atoms with van der Waals surface area (Å²) < 4.78 is 0. The minimum absolute atomic E-state index is 0.139. The van der Waals surface area contributed by atoms with Gasteiger partial charge in [0.15, 0.2) is 0 Å². The lowest BCUT2D eigenvalue weighted by atomic mass is 9.91. The van der Waals surface area contributed by atoms with Gasteiger partial charge in [-0.2, -0.15) is 0 Å². The third kappa shape index (κ3) is 2.02. The Labute approximate surface area is 151 Å². The van der Waals surface area contributed by atoms with Gasteiger partial charge in [0.2, 0.25) is 0 Å². The number of hydrogen-bond acceptors (Lipinski definition) is 2. The highest BCUT2D eigenvalue weighted by molar-refractivity contribution is 6.08. The van der Waals surface area contributed by atoms with Crippen molar-refractivity contribution in [3.63, 3.8) is 0 Å². The largest absolute Gasteiger partial charge is 0.325 e. The van der Waals surface area contributed by atoms with Gasteiger partial charge >= 0.3 is 6.03 Å². The number of nitrogens with one attached hydrogen (secondary N) is 1. The summed E-state index contributed by atoms with van der Waals surface area (Å²) in [6.45, 7) is 0.288. The van der Waals surface area contributed by atoms with Crippen molar-refractivity contribution >= 4 is 22.7 Å². The Morgan fingerprint density at radius 2 is 1.69 bits per heavy atom. The Morgan fingerprint density at radius 1 is 0.923 bits per heavy atom. The van der Waals surface area contributed by atoms with Crippen LogP contribution < -0.4 is 5.32 Å². The molecule has 4 heteroatoms. The third-order valence-corrected chi connectivity index (χ3v) is 5.63. The van der Waals surface area contributed by atoms with Crippen LogP contribution in [0.5, 0.6) is 0 Å². The monoisotopic (exact) mass is 342 g/mol. The molecule has 0 unspecified atom stereocenters. The van der Waals surface area contributed by atoms with Gasteiger partial charge in [-0.15, -0.1) is 0 Å². The lowest BCUT2D eigenvalue weighted by molar-refractivity contribution is -0.132. The van der Waals surface area contributed by atoms with Crippen LogP contribution in [0.3, 0.4) is 0 Å². The summed E-state index contributed by atoms with van der Waals surface area (Å²) in [5, 5.41) is 5.17. The summed E-state index contributed by atoms with van der Waals surface area (Å²) in [6.07, 6.45) is 1.44. The molecule has 1 aliphatic heterocycles. The van der Waals surface area contributed by atoms with E-state index in [-0.39, 0.29) is 18.5 Å². The predicted octanol–water partition coefficient (Wildman–Crippen LogP) is 3.73. The molecule has 0 bridgehead atoms. The van der Waals surface area contributed by atoms with E-state index in [0.29, 0.717) is 6.42 Å². The average Bonchev–Trinajstić information content (AvgIpc) is 3.16. The van der Waals surface area contributed by atoms with Gasteiger partial charge < -0.3 is 5.32 Å². The van der Waals surface area contributed by atoms with Crippen LogP contribution in [0.2, 0.25) is 0 Å². The van der Waals surface area contributed by atoms with Crippen molar-refractivity contribution in [2.45, 2.75) is 24.9 Å². The smallest absolute Gasteiger partial charge is 0.319 e. The van der Waals surface area contributed by atoms with Gasteiger partial charge in [-0.1, -0.05) is 66.7 Å². The number of carbonyl (C=O) groups is 2. The Kier molecular flexibility index (Phi) is 3.16. The molecular weight excluding hydrogens is 324 g/mol. The molecule has 3 aromatic carbocycles. The number of hydrogen-bond donors (Lipinski definition) is 1. The molecule has 0 radical (unpaired) electrons. The Balaban J connectivity index is 1.53. The van der Waals surface area contributed by atoms with Gasteiger partial charge in [0, 0.05) is 0 Å². The number of carbonyl (C=O) groups excluding carboxylic acids is 2. The highest BCUT2D eigenvalue weighted by atomic mass is 16.2. The second kappa shape index (κ2) is 5.43. The van der Waals surface area contributed by atoms with Crippen LogP contribution in [0.25, 0.3) is 10.8 Å². The molecule has 1 atom stereocenters. The number of imide groups is 1. The molecule has 1 saturated heterocycles. The summed E-state index contributed by atoms with van der Waals surface area (Å²) in [5.74, 6) is -0.139. The first-order valence-electron chi connectivity index (χ1n) is 8.88. The number of fused-ring (bicyclic) bond motifs is 3. The molecule has 1 fully saturated rings. The fourth-order valence-electron chi connectivity index (χ4n) is 4.33. The van der Waals surface area contributed by atoms with Crippen molar-refractivity contribution in [1.82, 2.24) is 10.2 Å². The van der Waals surface area contributed by atoms with Crippen LogP contribution in [-0.4, -0.2) is 16.8 Å². The number of rotatable bonds is 2. The van der Waals surface area contributed by atoms with Crippen molar-refractivity contribution in [1.29, 1.82) is 0 Å². The first-order valence-corrected chi connectivity index (χ1v) is 8.88. The normalized spacial score (nSPS) is 21.5. The maximum atomic E-state index is 13.3. The average molecular weight is 342 g/mol. The molecule has 2 aliphatic rings. The molecule has 3 aromatic rings. The molecular formula is C22H18N2O2. The topological polar surface area (TPSA) is 49.4 Å². The van der Waals surface area contributed by atoms with Gasteiger partial charge in [-0.05, 0) is 40.3 Å². The summed E-state index contributed by atoms with van der Waals surface area (Å²) in [4.78, 5) is 27.3. The number of amides is 3. The predicted molar refractivity (Wildman–Crippen MR) is 99.5 cm³/mol. The van der Waals surface area contributed by atoms with E-state index < -0.39 is 5.54 Å². The lowest BCUT2D eigenvalue weighted by Crippen LogP contribution is -2.41. The van der Waals surface area contributed by atoms with Crippen molar-refractivity contribution in [3.8, 4) is 0 Å². The molecule has 1 heterocycles. The van der Waals surface area contributed by atoms with Crippen LogP contribution in [0.4, 0.5) is 4.79 Å². The maximum Gasteiger partial charge on any atom is 0.325 e. The molecule has 0 saturated carbocycles. The van der Waals surface area contributed by atoms with Gasteiger partial charge in [0.05, 0.1) is 6.54 Å². The fourth-order valence-corrected chi connectivity index (χ4v) is 4.33. The minimum atomic E-state index is -0.891. The first-order chi connectivity index (χ1) is 12.7. The maximum absolute atomic E-state index is 13.3. The second-order valence-corrected chi connectivity index (χ2v) is 7.02. The molecule has 1 aliphatic carbocycles. The van der Waals surface area contributed by atoms with Crippen molar-refractivity contribution in [3.05, 3.63) is 83.4 Å². The van der Waals surface area contributed by atoms with E-state index in [2.05, 4.69) is 5.32 Å². The second-order valence-electron chi connectivity index (χ2n) is 7.02. The molecule has 3 amide bonds. The van der Waals surface area contributed by atoms with Crippen molar-refractivity contribution < 1.29 is 9.59 Å². The number of aryl methyl sites for hydroxylation is 1. The van der Waals surface area contributed by atoms with Crippen LogP contribution >= 0.6 is 0 Å². The Morgan fingerprint density at radius 3 is 2.62 bits per heavy atom. The summed E-state index contributed by atoms with van der Waals surface area (Å²) >= 11 is 0. The number of nitrogens with zero attached hydrogens (tertiary/aromatic N) is 1. The van der Waals surface area contributed by atoms with E-state index in [4.69, 9.17) is 0 Å². The van der Waals surface area contributed by atoms with Crippen molar-refractivity contribution in [2.75, 3.05) is 0 Å². The quantitative estimate of drug-likeness (QED) is 0.722. The van der Waals surface area contributed by atoms with E-state index in [9.17, 15) is 9.59 Å². The van der Waals surface area contributed by atoms with E-state index in [1.807, 2.05) is 66.7 Å². The van der Waals surface area contributed by atoms with E-state index in [0.717, 1.165) is 33.9 Å². The van der Waals surface area contributed by atoms with Gasteiger partial charge in [0.25, 0.3) is 5.91 Å². The zero-order valence-electron chi connectivity index (χ0n) is 14.2. The van der Waals surface area contributed by atoms with Gasteiger partial charge in [-0.3, -0.25) is 9.69 Å². The van der Waals surface area contributed by atoms with Crippen LogP contribution in [0.1, 0.15) is 23.1 Å². The SMILES string of the molecule is O=C1N[C@]2(CCc3ccccc32)C(=O)N1Cc1cccc2ccccc12. The van der Waals surface area contributed by atoms with Crippen LogP contribution in [-0.2, 0) is 23.3 Å². The van der Waals surface area contributed by atoms with Gasteiger partial charge in [0.1, 0.15) is 5.54 Å². The van der Waals surface area contributed by atoms with Crippen LogP contribution in [0.15, 0.2) is 66.7 Å². The van der Waals surface area contributed by atoms with Gasteiger partial charge in [-0.25, -0.2) is 4.79 Å². The molecule has 4 nitrogen and oxygen atoms in total. The molecule has 1 spiro atoms. The van der Waals surface area contributed by atoms with Crippen LogP contribution in [0, 0.1) is 0 Å². The molecule has 0 aromatic heterocycles. The highest BCUT2D eigenvalue weighted by Gasteiger charge is 2.55. The summed E-state index contributed by atoms with van der Waals surface area (Å²) in [6, 6.07) is 21.6.